The summed E-state index contributed by atoms with van der Waals surface area (Å²) in [6, 6.07) is 7.93. The van der Waals surface area contributed by atoms with Crippen molar-refractivity contribution in [3.8, 4) is 0 Å². The van der Waals surface area contributed by atoms with E-state index >= 15 is 0 Å². The normalized spacial score (nSPS) is 15.1. The van der Waals surface area contributed by atoms with Gasteiger partial charge in [-0.1, -0.05) is 6.07 Å². The van der Waals surface area contributed by atoms with E-state index in [1.165, 1.54) is 30.5 Å². The van der Waals surface area contributed by atoms with Gasteiger partial charge >= 0.3 is 6.09 Å². The Morgan fingerprint density at radius 3 is 2.48 bits per heavy atom. The van der Waals surface area contributed by atoms with E-state index in [0.29, 0.717) is 6.54 Å². The van der Waals surface area contributed by atoms with Crippen molar-refractivity contribution in [3.05, 3.63) is 53.6 Å². The van der Waals surface area contributed by atoms with E-state index in [1.807, 2.05) is 45.2 Å². The zero-order valence-corrected chi connectivity index (χ0v) is 15.2. The molecule has 0 fully saturated rings. The Bertz CT molecular complexity index is 730. The van der Waals surface area contributed by atoms with Crippen LogP contribution >= 0.6 is 0 Å². The fourth-order valence-electron chi connectivity index (χ4n) is 3.08. The molecule has 132 valence electrons. The molecule has 5 heteroatoms. The molecule has 0 saturated heterocycles. The van der Waals surface area contributed by atoms with Gasteiger partial charge in [0.1, 0.15) is 5.60 Å². The van der Waals surface area contributed by atoms with Gasteiger partial charge < -0.3 is 4.74 Å². The van der Waals surface area contributed by atoms with Gasteiger partial charge in [-0.25, -0.2) is 4.79 Å². The molecule has 0 bridgehead atoms. The lowest BCUT2D eigenvalue weighted by Gasteiger charge is -2.24. The molecule has 2 aromatic heterocycles. The van der Waals surface area contributed by atoms with E-state index in [1.54, 1.807) is 11.1 Å². The van der Waals surface area contributed by atoms with E-state index in [0.717, 1.165) is 17.8 Å². The molecule has 0 unspecified atom stereocenters. The first kappa shape index (κ1) is 17.4. The fraction of sp³-hybridized carbons (Fsp3) is 0.450. The maximum Gasteiger partial charge on any atom is 0.414 e. The number of hydrogen-bond donors (Lipinski definition) is 0. The maximum atomic E-state index is 11.9. The first-order valence-electron chi connectivity index (χ1n) is 8.81. The van der Waals surface area contributed by atoms with E-state index in [4.69, 9.17) is 4.74 Å². The molecule has 4 rings (SSSR count). The molecule has 3 heterocycles. The predicted octanol–water partition coefficient (Wildman–Crippen LogP) is 3.95. The average molecular weight is 339 g/mol. The highest BCUT2D eigenvalue weighted by molar-refractivity contribution is 5.90. The number of pyridine rings is 2. The quantitative estimate of drug-likeness (QED) is 0.729. The van der Waals surface area contributed by atoms with Crippen molar-refractivity contribution in [3.63, 3.8) is 0 Å². The third-order valence-electron chi connectivity index (χ3n) is 4.19. The van der Waals surface area contributed by atoms with Gasteiger partial charge in [-0.2, -0.15) is 0 Å². The number of amides is 1. The maximum absolute atomic E-state index is 11.9. The van der Waals surface area contributed by atoms with Gasteiger partial charge in [-0.05, 0) is 63.8 Å². The van der Waals surface area contributed by atoms with E-state index in [9.17, 15) is 4.79 Å². The van der Waals surface area contributed by atoms with Crippen LogP contribution in [0.15, 0.2) is 36.7 Å². The third kappa shape index (κ3) is 4.35. The van der Waals surface area contributed by atoms with Crippen LogP contribution in [0.4, 0.5) is 10.5 Å². The highest BCUT2D eigenvalue weighted by atomic mass is 16.6. The van der Waals surface area contributed by atoms with Crippen LogP contribution in [0.3, 0.4) is 0 Å². The van der Waals surface area contributed by atoms with E-state index < -0.39 is 5.60 Å². The minimum absolute atomic E-state index is 0.292. The number of carbonyl (C=O) groups excluding carboxylic acids is 1. The molecule has 0 radical (unpaired) electrons. The number of aromatic nitrogens is 2. The lowest BCUT2D eigenvalue weighted by atomic mass is 10.2. The largest absolute Gasteiger partial charge is 0.443 e. The molecule has 2 aromatic rings. The molecule has 25 heavy (non-hydrogen) atoms. The highest BCUT2D eigenvalue weighted by Crippen LogP contribution is 2.27. The third-order valence-corrected chi connectivity index (χ3v) is 4.19. The molecular weight excluding hydrogens is 314 g/mol. The molecule has 2 aliphatic rings. The van der Waals surface area contributed by atoms with Crippen LogP contribution in [0.1, 0.15) is 44.1 Å². The number of aryl methyl sites for hydroxylation is 2. The Labute approximate surface area is 149 Å². The summed E-state index contributed by atoms with van der Waals surface area (Å²) in [6.07, 6.45) is 7.86. The second-order valence-corrected chi connectivity index (χ2v) is 7.31. The Morgan fingerprint density at radius 1 is 1.04 bits per heavy atom. The van der Waals surface area contributed by atoms with Crippen molar-refractivity contribution >= 4 is 11.8 Å². The molecular formula is C20H25N3O2. The summed E-state index contributed by atoms with van der Waals surface area (Å²) in [5.74, 6) is 0. The first-order valence-corrected chi connectivity index (χ1v) is 8.81. The van der Waals surface area contributed by atoms with Crippen LogP contribution in [0.25, 0.3) is 0 Å². The summed E-state index contributed by atoms with van der Waals surface area (Å²) < 4.78 is 5.34. The number of anilines is 1. The zero-order valence-electron chi connectivity index (χ0n) is 15.2. The summed E-state index contributed by atoms with van der Waals surface area (Å²) >= 11 is 0. The van der Waals surface area contributed by atoms with Gasteiger partial charge in [-0.15, -0.1) is 0 Å². The van der Waals surface area contributed by atoms with Crippen LogP contribution in [0.2, 0.25) is 0 Å². The Balaban J connectivity index is 0.000000170. The van der Waals surface area contributed by atoms with Gasteiger partial charge in [-0.3, -0.25) is 14.9 Å². The second kappa shape index (κ2) is 7.21. The minimum atomic E-state index is -0.456. The first-order chi connectivity index (χ1) is 11.9. The molecule has 1 aliphatic carbocycles. The van der Waals surface area contributed by atoms with Crippen LogP contribution < -0.4 is 4.90 Å². The molecule has 0 N–H and O–H groups in total. The predicted molar refractivity (Wildman–Crippen MR) is 97.8 cm³/mol. The molecule has 0 atom stereocenters. The van der Waals surface area contributed by atoms with Gasteiger partial charge in [0.2, 0.25) is 0 Å². The lowest BCUT2D eigenvalue weighted by molar-refractivity contribution is 0.0584. The Morgan fingerprint density at radius 2 is 1.76 bits per heavy atom. The van der Waals surface area contributed by atoms with Crippen molar-refractivity contribution in [2.24, 2.45) is 0 Å². The number of hydrogen-bond acceptors (Lipinski definition) is 4. The number of fused-ring (bicyclic) bond motifs is 2. The van der Waals surface area contributed by atoms with Crippen LogP contribution in [0.5, 0.6) is 0 Å². The van der Waals surface area contributed by atoms with Crippen molar-refractivity contribution in [1.82, 2.24) is 9.97 Å². The summed E-state index contributed by atoms with van der Waals surface area (Å²) in [4.78, 5) is 22.0. The van der Waals surface area contributed by atoms with Crippen molar-refractivity contribution < 1.29 is 9.53 Å². The molecule has 0 spiro atoms. The van der Waals surface area contributed by atoms with Gasteiger partial charge in [0.25, 0.3) is 0 Å². The average Bonchev–Trinajstić information content (AvgIpc) is 3.20. The summed E-state index contributed by atoms with van der Waals surface area (Å²) in [6.45, 7) is 6.25. The van der Waals surface area contributed by atoms with Crippen LogP contribution in [0, 0.1) is 0 Å². The van der Waals surface area contributed by atoms with E-state index in [2.05, 4.69) is 16.0 Å². The van der Waals surface area contributed by atoms with Gasteiger partial charge in [0.05, 0.1) is 11.4 Å². The highest BCUT2D eigenvalue weighted by Gasteiger charge is 2.29. The minimum Gasteiger partial charge on any atom is -0.443 e. The van der Waals surface area contributed by atoms with Crippen LogP contribution in [-0.2, 0) is 24.0 Å². The fourth-order valence-corrected chi connectivity index (χ4v) is 3.08. The van der Waals surface area contributed by atoms with Gasteiger partial charge in [0, 0.05) is 31.1 Å². The SMILES string of the molecule is CC(C)(C)OC(=O)N1CCc2ncccc21.c1cnc2c(c1)CCC2. The summed E-state index contributed by atoms with van der Waals surface area (Å²) in [5, 5.41) is 0. The molecule has 1 aliphatic heterocycles. The number of ether oxygens (including phenoxy) is 1. The van der Waals surface area contributed by atoms with Crippen molar-refractivity contribution in [2.75, 3.05) is 11.4 Å². The standard InChI is InChI=1S/C12H16N2O2.C8H9N/c1-12(2,3)16-11(15)14-8-6-9-10(14)5-4-7-13-9;1-3-7-4-2-6-9-8(7)5-1/h4-5,7H,6,8H2,1-3H3;2,4,6H,1,3,5H2. The second-order valence-electron chi connectivity index (χ2n) is 7.31. The lowest BCUT2D eigenvalue weighted by Crippen LogP contribution is -2.35. The number of nitrogens with zero attached hydrogens (tertiary/aromatic N) is 3. The molecule has 1 amide bonds. The number of rotatable bonds is 0. The zero-order chi connectivity index (χ0) is 17.9. The van der Waals surface area contributed by atoms with E-state index in [-0.39, 0.29) is 6.09 Å². The Kier molecular flexibility index (Phi) is 5.02. The number of carbonyl (C=O) groups is 1. The summed E-state index contributed by atoms with van der Waals surface area (Å²) in [5.41, 5.74) is 4.15. The van der Waals surface area contributed by atoms with Gasteiger partial charge in [0.15, 0.2) is 0 Å². The topological polar surface area (TPSA) is 55.3 Å². The van der Waals surface area contributed by atoms with Crippen LogP contribution in [-0.4, -0.2) is 28.2 Å². The molecule has 0 saturated carbocycles. The van der Waals surface area contributed by atoms with Crippen molar-refractivity contribution in [2.45, 2.75) is 52.1 Å². The molecule has 0 aromatic carbocycles. The Hall–Kier alpha value is -2.43. The summed E-state index contributed by atoms with van der Waals surface area (Å²) in [7, 11) is 0. The monoisotopic (exact) mass is 339 g/mol. The van der Waals surface area contributed by atoms with Crippen molar-refractivity contribution in [1.29, 1.82) is 0 Å². The smallest absolute Gasteiger partial charge is 0.414 e. The molecule has 5 nitrogen and oxygen atoms in total.